The predicted molar refractivity (Wildman–Crippen MR) is 83.5 cm³/mol. The number of thioether (sulfide) groups is 1. The first-order valence-corrected chi connectivity index (χ1v) is 7.07. The van der Waals surface area contributed by atoms with Gasteiger partial charge in [0, 0.05) is 6.07 Å². The molecule has 0 radical (unpaired) electrons. The Hall–Kier alpha value is -2.77. The molecule has 0 saturated heterocycles. The first-order chi connectivity index (χ1) is 10.5. The molecule has 0 unspecified atom stereocenters. The Labute approximate surface area is 132 Å². The Morgan fingerprint density at radius 1 is 0.955 bits per heavy atom. The number of nitrogens with zero attached hydrogens (tertiary/aromatic N) is 2. The predicted octanol–water partition coefficient (Wildman–Crippen LogP) is 1.92. The quantitative estimate of drug-likeness (QED) is 0.874. The molecular formula is C15H14N4O2S. The molecule has 2 rings (SSSR count). The molecule has 0 saturated carbocycles. The largest absolute Gasteiger partial charge is 0.497 e. The molecule has 0 spiro atoms. The van der Waals surface area contributed by atoms with Gasteiger partial charge < -0.3 is 20.9 Å². The van der Waals surface area contributed by atoms with E-state index in [4.69, 9.17) is 20.9 Å². The van der Waals surface area contributed by atoms with Crippen molar-refractivity contribution in [3.8, 4) is 23.6 Å². The fourth-order valence-electron chi connectivity index (χ4n) is 2.23. The molecule has 0 aliphatic carbocycles. The van der Waals surface area contributed by atoms with Crippen LogP contribution in [0.5, 0.6) is 11.5 Å². The standard InChI is InChI=1S/C15H14N4O2S/c1-20-9-3-8(4-10(5-9)21-2)13-11(6-16)14(18)22-15(19)12(13)7-17/h3-5,13H,18-19H2,1-2H3. The summed E-state index contributed by atoms with van der Waals surface area (Å²) in [7, 11) is 3.06. The van der Waals surface area contributed by atoms with E-state index in [0.717, 1.165) is 11.8 Å². The molecule has 1 heterocycles. The molecule has 1 aromatic rings. The second kappa shape index (κ2) is 6.33. The minimum absolute atomic E-state index is 0.297. The smallest absolute Gasteiger partial charge is 0.122 e. The van der Waals surface area contributed by atoms with Gasteiger partial charge in [0.2, 0.25) is 0 Å². The number of hydrogen-bond donors (Lipinski definition) is 2. The Balaban J connectivity index is 2.68. The number of nitrogens with two attached hydrogens (primary N) is 2. The van der Waals surface area contributed by atoms with Gasteiger partial charge in [-0.2, -0.15) is 10.5 Å². The van der Waals surface area contributed by atoms with Crippen LogP contribution in [0.2, 0.25) is 0 Å². The molecule has 0 bridgehead atoms. The summed E-state index contributed by atoms with van der Waals surface area (Å²) in [4.78, 5) is 0. The van der Waals surface area contributed by atoms with Crippen molar-refractivity contribution >= 4 is 11.8 Å². The van der Waals surface area contributed by atoms with Gasteiger partial charge in [-0.3, -0.25) is 0 Å². The van der Waals surface area contributed by atoms with Crippen molar-refractivity contribution in [1.29, 1.82) is 10.5 Å². The Morgan fingerprint density at radius 2 is 1.41 bits per heavy atom. The van der Waals surface area contributed by atoms with Gasteiger partial charge >= 0.3 is 0 Å². The van der Waals surface area contributed by atoms with Crippen LogP contribution in [0.15, 0.2) is 39.4 Å². The van der Waals surface area contributed by atoms with E-state index in [0.29, 0.717) is 38.3 Å². The Bertz CT molecular complexity index is 698. The maximum Gasteiger partial charge on any atom is 0.122 e. The number of allylic oxidation sites excluding steroid dienone is 2. The summed E-state index contributed by atoms with van der Waals surface area (Å²) in [6, 6.07) is 9.32. The molecule has 0 amide bonds. The second-order valence-corrected chi connectivity index (χ2v) is 5.54. The fourth-order valence-corrected chi connectivity index (χ4v) is 3.01. The van der Waals surface area contributed by atoms with Gasteiger partial charge in [0.15, 0.2) is 0 Å². The summed E-state index contributed by atoms with van der Waals surface area (Å²) < 4.78 is 10.5. The Kier molecular flexibility index (Phi) is 4.50. The number of benzene rings is 1. The molecule has 7 heteroatoms. The van der Waals surface area contributed by atoms with E-state index in [1.54, 1.807) is 18.2 Å². The van der Waals surface area contributed by atoms with Gasteiger partial charge in [-0.25, -0.2) is 0 Å². The van der Waals surface area contributed by atoms with Crippen LogP contribution in [0.1, 0.15) is 11.5 Å². The molecule has 6 nitrogen and oxygen atoms in total. The van der Waals surface area contributed by atoms with Crippen molar-refractivity contribution in [2.75, 3.05) is 14.2 Å². The van der Waals surface area contributed by atoms with Gasteiger partial charge in [-0.15, -0.1) is 0 Å². The first-order valence-electron chi connectivity index (χ1n) is 6.26. The van der Waals surface area contributed by atoms with Crippen molar-refractivity contribution in [1.82, 2.24) is 0 Å². The zero-order chi connectivity index (χ0) is 16.3. The highest BCUT2D eigenvalue weighted by Gasteiger charge is 2.31. The third-order valence-electron chi connectivity index (χ3n) is 3.28. The highest BCUT2D eigenvalue weighted by atomic mass is 32.2. The number of hydrogen-bond acceptors (Lipinski definition) is 7. The fraction of sp³-hybridized carbons (Fsp3) is 0.200. The van der Waals surface area contributed by atoms with E-state index in [9.17, 15) is 10.5 Å². The second-order valence-electron chi connectivity index (χ2n) is 4.46. The molecule has 1 aromatic carbocycles. The van der Waals surface area contributed by atoms with Crippen LogP contribution in [0.3, 0.4) is 0 Å². The summed E-state index contributed by atoms with van der Waals surface area (Å²) in [6.45, 7) is 0. The van der Waals surface area contributed by atoms with E-state index >= 15 is 0 Å². The number of nitriles is 2. The number of ether oxygens (including phenoxy) is 2. The van der Waals surface area contributed by atoms with Crippen molar-refractivity contribution in [2.24, 2.45) is 11.5 Å². The van der Waals surface area contributed by atoms with Crippen LogP contribution >= 0.6 is 11.8 Å². The van der Waals surface area contributed by atoms with E-state index in [-0.39, 0.29) is 0 Å². The number of rotatable bonds is 3. The lowest BCUT2D eigenvalue weighted by Crippen LogP contribution is -2.18. The SMILES string of the molecule is COc1cc(OC)cc(C2C(C#N)=C(N)SC(N)=C2C#N)c1. The van der Waals surface area contributed by atoms with Crippen molar-refractivity contribution in [3.05, 3.63) is 45.0 Å². The van der Waals surface area contributed by atoms with E-state index in [1.165, 1.54) is 14.2 Å². The molecule has 1 aliphatic heterocycles. The summed E-state index contributed by atoms with van der Waals surface area (Å²) in [5.74, 6) is 0.485. The first kappa shape index (κ1) is 15.6. The molecule has 112 valence electrons. The zero-order valence-electron chi connectivity index (χ0n) is 12.1. The lowest BCUT2D eigenvalue weighted by Gasteiger charge is -2.24. The van der Waals surface area contributed by atoms with E-state index in [2.05, 4.69) is 12.1 Å². The summed E-state index contributed by atoms with van der Waals surface area (Å²) in [5.41, 5.74) is 13.1. The molecule has 0 aromatic heterocycles. The Morgan fingerprint density at radius 3 is 1.77 bits per heavy atom. The molecule has 4 N–H and O–H groups in total. The average Bonchev–Trinajstić information content (AvgIpc) is 2.53. The summed E-state index contributed by atoms with van der Waals surface area (Å²) in [6.07, 6.45) is 0. The third kappa shape index (κ3) is 2.67. The minimum Gasteiger partial charge on any atom is -0.497 e. The summed E-state index contributed by atoms with van der Waals surface area (Å²) in [5, 5.41) is 19.4. The van der Waals surface area contributed by atoms with Gasteiger partial charge in [0.05, 0.1) is 53.5 Å². The van der Waals surface area contributed by atoms with Gasteiger partial charge in [0.25, 0.3) is 0 Å². The topological polar surface area (TPSA) is 118 Å². The van der Waals surface area contributed by atoms with Gasteiger partial charge in [-0.05, 0) is 17.7 Å². The maximum absolute atomic E-state index is 9.41. The van der Waals surface area contributed by atoms with Gasteiger partial charge in [0.1, 0.15) is 11.5 Å². The van der Waals surface area contributed by atoms with Crippen LogP contribution in [-0.4, -0.2) is 14.2 Å². The lowest BCUT2D eigenvalue weighted by atomic mass is 9.85. The van der Waals surface area contributed by atoms with E-state index in [1.807, 2.05) is 0 Å². The molecule has 0 fully saturated rings. The average molecular weight is 314 g/mol. The monoisotopic (exact) mass is 314 g/mol. The molecule has 0 atom stereocenters. The van der Waals surface area contributed by atoms with Crippen molar-refractivity contribution in [3.63, 3.8) is 0 Å². The molecular weight excluding hydrogens is 300 g/mol. The van der Waals surface area contributed by atoms with Crippen molar-refractivity contribution in [2.45, 2.75) is 5.92 Å². The van der Waals surface area contributed by atoms with Crippen LogP contribution in [0, 0.1) is 22.7 Å². The zero-order valence-corrected chi connectivity index (χ0v) is 12.9. The van der Waals surface area contributed by atoms with Gasteiger partial charge in [-0.1, -0.05) is 11.8 Å². The summed E-state index contributed by atoms with van der Waals surface area (Å²) >= 11 is 1.03. The third-order valence-corrected chi connectivity index (χ3v) is 4.16. The van der Waals surface area contributed by atoms with Crippen LogP contribution in [0.25, 0.3) is 0 Å². The molecule has 1 aliphatic rings. The lowest BCUT2D eigenvalue weighted by molar-refractivity contribution is 0.393. The highest BCUT2D eigenvalue weighted by Crippen LogP contribution is 2.44. The maximum atomic E-state index is 9.41. The normalized spacial score (nSPS) is 15.3. The van der Waals surface area contributed by atoms with Crippen molar-refractivity contribution < 1.29 is 9.47 Å². The van der Waals surface area contributed by atoms with E-state index < -0.39 is 5.92 Å². The minimum atomic E-state index is -0.625. The molecule has 22 heavy (non-hydrogen) atoms. The van der Waals surface area contributed by atoms with Crippen LogP contribution in [0.4, 0.5) is 0 Å². The van der Waals surface area contributed by atoms with Crippen LogP contribution < -0.4 is 20.9 Å². The van der Waals surface area contributed by atoms with Crippen LogP contribution in [-0.2, 0) is 0 Å². The number of methoxy groups -OCH3 is 2. The highest BCUT2D eigenvalue weighted by molar-refractivity contribution is 8.06.